The molecule has 0 heterocycles. The number of carbonyl (C=O) groups is 2. The van der Waals surface area contributed by atoms with Crippen LogP contribution in [0.3, 0.4) is 0 Å². The third kappa shape index (κ3) is 25.0. The quantitative estimate of drug-likeness (QED) is 0.443. The predicted octanol–water partition coefficient (Wildman–Crippen LogP) is -3.60. The van der Waals surface area contributed by atoms with E-state index in [0.29, 0.717) is 12.2 Å². The van der Waals surface area contributed by atoms with Gasteiger partial charge in [0.25, 0.3) is 0 Å². The van der Waals surface area contributed by atoms with Gasteiger partial charge in [0.1, 0.15) is 0 Å². The fourth-order valence-corrected chi connectivity index (χ4v) is 0.136. The molecule has 0 aromatic heterocycles. The Labute approximate surface area is 74.7 Å². The van der Waals surface area contributed by atoms with Gasteiger partial charge < -0.3 is 30.0 Å². The number of hydrogen-bond donors (Lipinski definition) is 2. The lowest BCUT2D eigenvalue weighted by Gasteiger charge is -1.90. The van der Waals surface area contributed by atoms with Gasteiger partial charge in [-0.1, -0.05) is 0 Å². The minimum atomic E-state index is -1.55. The van der Waals surface area contributed by atoms with Gasteiger partial charge in [0.2, 0.25) is 0 Å². The summed E-state index contributed by atoms with van der Waals surface area (Å²) in [5, 5.41) is 34.8. The van der Waals surface area contributed by atoms with E-state index in [0.717, 1.165) is 0 Å². The van der Waals surface area contributed by atoms with E-state index in [1.807, 2.05) is 0 Å². The average Bonchev–Trinajstić information content (AvgIpc) is 2.02. The van der Waals surface area contributed by atoms with Crippen molar-refractivity contribution in [2.45, 2.75) is 13.0 Å². The lowest BCUT2D eigenvalue weighted by atomic mass is 10.5. The Bertz CT molecular complexity index is 167. The molecule has 0 saturated heterocycles. The summed E-state index contributed by atoms with van der Waals surface area (Å²) in [7, 11) is 0. The number of hydrogen-bond acceptors (Lipinski definition) is 6. The molecular formula is C7H10O6-2. The Hall–Kier alpha value is -1.40. The Morgan fingerprint density at radius 2 is 1.54 bits per heavy atom. The van der Waals surface area contributed by atoms with Crippen LogP contribution in [0.15, 0.2) is 12.2 Å². The smallest absolute Gasteiger partial charge is 0.0742 e. The van der Waals surface area contributed by atoms with Crippen LogP contribution in [0.1, 0.15) is 6.92 Å². The number of aliphatic hydroxyl groups excluding tert-OH is 2. The highest BCUT2D eigenvalue weighted by molar-refractivity contribution is 5.87. The van der Waals surface area contributed by atoms with Crippen molar-refractivity contribution in [2.75, 3.05) is 6.61 Å². The van der Waals surface area contributed by atoms with Crippen LogP contribution >= 0.6 is 0 Å². The molecule has 2 N–H and O–H groups in total. The molecule has 0 radical (unpaired) electrons. The third-order valence-electron chi connectivity index (χ3n) is 0.620. The summed E-state index contributed by atoms with van der Waals surface area (Å²) in [6.45, 7) is 1.39. The summed E-state index contributed by atoms with van der Waals surface area (Å²) in [4.78, 5) is 18.8. The molecule has 0 saturated carbocycles. The number of carboxylic acids is 2. The molecule has 0 aliphatic heterocycles. The van der Waals surface area contributed by atoms with Crippen LogP contribution < -0.4 is 10.2 Å². The SMILES string of the molecule is CC(O)CO.O=C([O-])/C=C/C(=O)[O-]. The minimum Gasteiger partial charge on any atom is -0.545 e. The Morgan fingerprint density at radius 3 is 1.62 bits per heavy atom. The summed E-state index contributed by atoms with van der Waals surface area (Å²) >= 11 is 0. The average molecular weight is 190 g/mol. The maximum Gasteiger partial charge on any atom is 0.0742 e. The van der Waals surface area contributed by atoms with E-state index < -0.39 is 18.0 Å². The van der Waals surface area contributed by atoms with Crippen molar-refractivity contribution < 1.29 is 30.0 Å². The largest absolute Gasteiger partial charge is 0.545 e. The van der Waals surface area contributed by atoms with Crippen molar-refractivity contribution >= 4 is 11.9 Å². The summed E-state index contributed by atoms with van der Waals surface area (Å²) < 4.78 is 0. The molecule has 0 aromatic carbocycles. The molecule has 0 spiro atoms. The fraction of sp³-hybridized carbons (Fsp3) is 0.429. The zero-order chi connectivity index (χ0) is 10.9. The maximum absolute atomic E-state index is 9.41. The van der Waals surface area contributed by atoms with E-state index in [1.165, 1.54) is 6.92 Å². The Morgan fingerprint density at radius 1 is 1.31 bits per heavy atom. The van der Waals surface area contributed by atoms with E-state index >= 15 is 0 Å². The summed E-state index contributed by atoms with van der Waals surface area (Å²) in [6, 6.07) is 0. The molecule has 0 amide bonds. The van der Waals surface area contributed by atoms with Crippen LogP contribution in [0.4, 0.5) is 0 Å². The standard InChI is InChI=1S/C4H4O4.C3H8O2/c5-3(6)1-2-4(7)8;1-3(5)2-4/h1-2H,(H,5,6)(H,7,8);3-5H,2H2,1H3/p-2/b2-1+;. The van der Waals surface area contributed by atoms with Crippen molar-refractivity contribution in [2.24, 2.45) is 0 Å². The van der Waals surface area contributed by atoms with Gasteiger partial charge in [0, 0.05) is 0 Å². The van der Waals surface area contributed by atoms with E-state index in [-0.39, 0.29) is 6.61 Å². The molecule has 0 aromatic rings. The lowest BCUT2D eigenvalue weighted by Crippen LogP contribution is -2.23. The third-order valence-corrected chi connectivity index (χ3v) is 0.620. The van der Waals surface area contributed by atoms with Gasteiger partial charge in [-0.05, 0) is 19.1 Å². The summed E-state index contributed by atoms with van der Waals surface area (Å²) in [6.07, 6.45) is 0.208. The monoisotopic (exact) mass is 190 g/mol. The van der Waals surface area contributed by atoms with Crippen LogP contribution in [0.2, 0.25) is 0 Å². The maximum atomic E-state index is 9.41. The van der Waals surface area contributed by atoms with E-state index in [4.69, 9.17) is 10.2 Å². The van der Waals surface area contributed by atoms with E-state index in [1.54, 1.807) is 0 Å². The minimum absolute atomic E-state index is 0.139. The van der Waals surface area contributed by atoms with Crippen molar-refractivity contribution in [3.8, 4) is 0 Å². The number of aliphatic hydroxyl groups is 2. The van der Waals surface area contributed by atoms with Gasteiger partial charge >= 0.3 is 0 Å². The van der Waals surface area contributed by atoms with Crippen LogP contribution in [-0.2, 0) is 9.59 Å². The number of carbonyl (C=O) groups excluding carboxylic acids is 2. The number of rotatable bonds is 3. The molecule has 6 heteroatoms. The highest BCUT2D eigenvalue weighted by Gasteiger charge is 1.83. The molecule has 0 aliphatic carbocycles. The van der Waals surface area contributed by atoms with E-state index in [2.05, 4.69) is 0 Å². The topological polar surface area (TPSA) is 121 Å². The highest BCUT2D eigenvalue weighted by atomic mass is 16.4. The van der Waals surface area contributed by atoms with Gasteiger partial charge in [-0.2, -0.15) is 0 Å². The molecule has 76 valence electrons. The van der Waals surface area contributed by atoms with Crippen molar-refractivity contribution in [1.82, 2.24) is 0 Å². The van der Waals surface area contributed by atoms with E-state index in [9.17, 15) is 19.8 Å². The molecule has 13 heavy (non-hydrogen) atoms. The second-order valence-corrected chi connectivity index (χ2v) is 2.00. The zero-order valence-corrected chi connectivity index (χ0v) is 6.97. The summed E-state index contributed by atoms with van der Waals surface area (Å²) in [5.74, 6) is -3.09. The fourth-order valence-electron chi connectivity index (χ4n) is 0.136. The molecule has 0 rings (SSSR count). The second kappa shape index (κ2) is 8.69. The van der Waals surface area contributed by atoms with Gasteiger partial charge in [0.15, 0.2) is 0 Å². The lowest BCUT2D eigenvalue weighted by molar-refractivity contribution is -0.301. The Balaban J connectivity index is 0. The van der Waals surface area contributed by atoms with Crippen LogP contribution in [-0.4, -0.2) is 34.9 Å². The second-order valence-electron chi connectivity index (χ2n) is 2.00. The van der Waals surface area contributed by atoms with Gasteiger partial charge in [-0.25, -0.2) is 0 Å². The molecule has 0 aliphatic rings. The predicted molar refractivity (Wildman–Crippen MR) is 37.9 cm³/mol. The first-order chi connectivity index (χ1) is 5.90. The zero-order valence-electron chi connectivity index (χ0n) is 6.97. The number of aliphatic carboxylic acids is 2. The first kappa shape index (κ1) is 14.1. The van der Waals surface area contributed by atoms with Crippen LogP contribution in [0.5, 0.6) is 0 Å². The molecule has 1 unspecified atom stereocenters. The normalized spacial score (nSPS) is 11.6. The highest BCUT2D eigenvalue weighted by Crippen LogP contribution is 1.68. The van der Waals surface area contributed by atoms with Crippen molar-refractivity contribution in [3.63, 3.8) is 0 Å². The van der Waals surface area contributed by atoms with Crippen molar-refractivity contribution in [1.29, 1.82) is 0 Å². The van der Waals surface area contributed by atoms with Gasteiger partial charge in [-0.15, -0.1) is 0 Å². The van der Waals surface area contributed by atoms with Crippen LogP contribution in [0.25, 0.3) is 0 Å². The first-order valence-corrected chi connectivity index (χ1v) is 3.29. The Kier molecular flexibility index (Phi) is 9.46. The molecule has 1 atom stereocenters. The number of carboxylic acid groups (broad SMARTS) is 2. The molecular weight excluding hydrogens is 180 g/mol. The van der Waals surface area contributed by atoms with Gasteiger partial charge in [-0.3, -0.25) is 0 Å². The van der Waals surface area contributed by atoms with Crippen molar-refractivity contribution in [3.05, 3.63) is 12.2 Å². The van der Waals surface area contributed by atoms with Crippen LogP contribution in [0, 0.1) is 0 Å². The molecule has 6 nitrogen and oxygen atoms in total. The first-order valence-electron chi connectivity index (χ1n) is 3.29. The molecule has 0 bridgehead atoms. The summed E-state index contributed by atoms with van der Waals surface area (Å²) in [5.41, 5.74) is 0. The molecule has 0 fully saturated rings. The van der Waals surface area contributed by atoms with Gasteiger partial charge in [0.05, 0.1) is 24.6 Å².